The lowest BCUT2D eigenvalue weighted by molar-refractivity contribution is 0.603. The second-order valence-electron chi connectivity index (χ2n) is 1.79. The van der Waals surface area contributed by atoms with Crippen molar-refractivity contribution in [2.75, 3.05) is 0 Å². The summed E-state index contributed by atoms with van der Waals surface area (Å²) in [7, 11) is 0. The van der Waals surface area contributed by atoms with Crippen LogP contribution < -0.4 is 0 Å². The summed E-state index contributed by atoms with van der Waals surface area (Å²) in [6, 6.07) is 0. The number of hydrogen-bond donors (Lipinski definition) is 0. The largest absolute Gasteiger partial charge is 0.207 e. The van der Waals surface area contributed by atoms with Crippen LogP contribution in [0.25, 0.3) is 0 Å². The average molecular weight is 144 g/mol. The minimum Gasteiger partial charge on any atom is -0.207 e. The summed E-state index contributed by atoms with van der Waals surface area (Å²) in [5, 5.41) is 0. The monoisotopic (exact) mass is 144 g/mol. The molecular weight excluding hydrogens is 134 g/mol. The predicted octanol–water partition coefficient (Wildman–Crippen LogP) is 3.29. The molecule has 2 heteroatoms. The third kappa shape index (κ3) is 2.13. The fourth-order valence-corrected chi connectivity index (χ4v) is 0.613. The molecule has 0 atom stereocenters. The van der Waals surface area contributed by atoms with E-state index in [0.717, 1.165) is 6.08 Å². The minimum absolute atomic E-state index is 0.00463. The van der Waals surface area contributed by atoms with Gasteiger partial charge in [0.15, 0.2) is 0 Å². The minimum atomic E-state index is -0.722. The summed E-state index contributed by atoms with van der Waals surface area (Å²) < 4.78 is 24.8. The Morgan fingerprint density at radius 2 is 2.00 bits per heavy atom. The van der Waals surface area contributed by atoms with Gasteiger partial charge in [0.05, 0.1) is 0 Å². The first-order valence-corrected chi connectivity index (χ1v) is 2.99. The molecule has 0 heterocycles. The summed E-state index contributed by atoms with van der Waals surface area (Å²) in [4.78, 5) is 0. The number of rotatable bonds is 3. The molecule has 0 aliphatic rings. The molecule has 0 fully saturated rings. The molecule has 0 aromatic rings. The second-order valence-corrected chi connectivity index (χ2v) is 1.79. The highest BCUT2D eigenvalue weighted by Gasteiger charge is 2.03. The van der Waals surface area contributed by atoms with Gasteiger partial charge in [-0.1, -0.05) is 20.1 Å². The Morgan fingerprint density at radius 1 is 1.50 bits per heavy atom. The zero-order valence-corrected chi connectivity index (χ0v) is 5.95. The van der Waals surface area contributed by atoms with Crippen molar-refractivity contribution in [2.45, 2.75) is 13.3 Å². The van der Waals surface area contributed by atoms with Crippen LogP contribution in [0.2, 0.25) is 0 Å². The lowest BCUT2D eigenvalue weighted by Gasteiger charge is -1.98. The summed E-state index contributed by atoms with van der Waals surface area (Å²) in [5.74, 6) is -1.35. The third-order valence-corrected chi connectivity index (χ3v) is 1.15. The topological polar surface area (TPSA) is 0 Å². The molecular formula is C8H10F2. The average Bonchev–Trinajstić information content (AvgIpc) is 1.88. The molecule has 0 aromatic heterocycles. The van der Waals surface area contributed by atoms with Gasteiger partial charge in [-0.2, -0.15) is 0 Å². The van der Waals surface area contributed by atoms with Crippen LogP contribution in [0.1, 0.15) is 13.3 Å². The Bertz CT molecular complexity index is 178. The first kappa shape index (κ1) is 9.08. The van der Waals surface area contributed by atoms with Gasteiger partial charge in [0.2, 0.25) is 0 Å². The van der Waals surface area contributed by atoms with Gasteiger partial charge in [0.25, 0.3) is 0 Å². The molecule has 0 spiro atoms. The highest BCUT2D eigenvalue weighted by atomic mass is 19.1. The van der Waals surface area contributed by atoms with E-state index in [1.54, 1.807) is 6.92 Å². The van der Waals surface area contributed by atoms with Crippen molar-refractivity contribution in [3.05, 3.63) is 36.5 Å². The summed E-state index contributed by atoms with van der Waals surface area (Å²) in [5.41, 5.74) is -0.00463. The van der Waals surface area contributed by atoms with Gasteiger partial charge in [-0.15, -0.1) is 0 Å². The first-order chi connectivity index (χ1) is 4.63. The highest BCUT2D eigenvalue weighted by molar-refractivity contribution is 5.30. The number of hydrogen-bond acceptors (Lipinski definition) is 0. The first-order valence-electron chi connectivity index (χ1n) is 2.99. The number of halogens is 2. The molecule has 0 aliphatic carbocycles. The maximum Gasteiger partial charge on any atom is 0.128 e. The molecule has 0 aliphatic heterocycles. The Morgan fingerprint density at radius 3 is 2.10 bits per heavy atom. The highest BCUT2D eigenvalue weighted by Crippen LogP contribution is 2.19. The maximum atomic E-state index is 12.5. The molecule has 10 heavy (non-hydrogen) atoms. The molecule has 0 amide bonds. The van der Waals surface area contributed by atoms with E-state index in [1.165, 1.54) is 0 Å². The van der Waals surface area contributed by atoms with Crippen LogP contribution in [0, 0.1) is 0 Å². The van der Waals surface area contributed by atoms with Crippen molar-refractivity contribution in [2.24, 2.45) is 0 Å². The fraction of sp³-hybridized carbons (Fsp3) is 0.250. The quantitative estimate of drug-likeness (QED) is 0.533. The SMILES string of the molecule is C=C/C(F)=C(/CC)C(=C)F. The van der Waals surface area contributed by atoms with Gasteiger partial charge in [-0.05, 0) is 12.5 Å². The van der Waals surface area contributed by atoms with Crippen LogP contribution >= 0.6 is 0 Å². The van der Waals surface area contributed by atoms with Gasteiger partial charge in [-0.3, -0.25) is 0 Å². The maximum absolute atomic E-state index is 12.5. The lowest BCUT2D eigenvalue weighted by atomic mass is 10.1. The van der Waals surface area contributed by atoms with Gasteiger partial charge >= 0.3 is 0 Å². The van der Waals surface area contributed by atoms with Crippen molar-refractivity contribution >= 4 is 0 Å². The van der Waals surface area contributed by atoms with Gasteiger partial charge < -0.3 is 0 Å². The standard InChI is InChI=1S/C8H10F2/c1-4-7(6(3)9)8(10)5-2/h5H,2-4H2,1H3/b8-7+. The second kappa shape index (κ2) is 3.99. The van der Waals surface area contributed by atoms with Crippen LogP contribution in [0.5, 0.6) is 0 Å². The van der Waals surface area contributed by atoms with Crippen molar-refractivity contribution in [3.8, 4) is 0 Å². The van der Waals surface area contributed by atoms with Gasteiger partial charge in [-0.25, -0.2) is 8.78 Å². The van der Waals surface area contributed by atoms with Gasteiger partial charge in [0, 0.05) is 5.57 Å². The van der Waals surface area contributed by atoms with E-state index in [-0.39, 0.29) is 5.57 Å². The van der Waals surface area contributed by atoms with Crippen LogP contribution in [-0.4, -0.2) is 0 Å². The molecule has 0 unspecified atom stereocenters. The van der Waals surface area contributed by atoms with E-state index >= 15 is 0 Å². The van der Waals surface area contributed by atoms with Crippen molar-refractivity contribution in [1.82, 2.24) is 0 Å². The summed E-state index contributed by atoms with van der Waals surface area (Å²) >= 11 is 0. The fourth-order valence-electron chi connectivity index (χ4n) is 0.613. The van der Waals surface area contributed by atoms with Crippen LogP contribution in [0.3, 0.4) is 0 Å². The van der Waals surface area contributed by atoms with E-state index in [0.29, 0.717) is 6.42 Å². The molecule has 0 saturated heterocycles. The molecule has 0 rings (SSSR count). The Kier molecular flexibility index (Phi) is 3.62. The number of allylic oxidation sites excluding steroid dienone is 4. The molecule has 0 saturated carbocycles. The molecule has 0 radical (unpaired) electrons. The van der Waals surface area contributed by atoms with E-state index in [9.17, 15) is 8.78 Å². The van der Waals surface area contributed by atoms with Crippen LogP contribution in [-0.2, 0) is 0 Å². The molecule has 0 bridgehead atoms. The normalized spacial score (nSPS) is 12.3. The van der Waals surface area contributed by atoms with Crippen LogP contribution in [0.15, 0.2) is 36.5 Å². The van der Waals surface area contributed by atoms with Crippen LogP contribution in [0.4, 0.5) is 8.78 Å². The Hall–Kier alpha value is -0.920. The zero-order chi connectivity index (χ0) is 8.15. The zero-order valence-electron chi connectivity index (χ0n) is 5.95. The van der Waals surface area contributed by atoms with E-state index in [1.807, 2.05) is 0 Å². The summed E-state index contributed by atoms with van der Waals surface area (Å²) in [6.45, 7) is 7.81. The van der Waals surface area contributed by atoms with E-state index in [2.05, 4.69) is 13.2 Å². The molecule has 0 N–H and O–H groups in total. The third-order valence-electron chi connectivity index (χ3n) is 1.15. The van der Waals surface area contributed by atoms with Crippen molar-refractivity contribution < 1.29 is 8.78 Å². The summed E-state index contributed by atoms with van der Waals surface area (Å²) in [6.07, 6.45) is 1.27. The Balaban J connectivity index is 4.62. The smallest absolute Gasteiger partial charge is 0.128 e. The van der Waals surface area contributed by atoms with Crippen molar-refractivity contribution in [3.63, 3.8) is 0 Å². The van der Waals surface area contributed by atoms with E-state index in [4.69, 9.17) is 0 Å². The Labute approximate surface area is 59.6 Å². The molecule has 56 valence electrons. The predicted molar refractivity (Wildman–Crippen MR) is 38.9 cm³/mol. The van der Waals surface area contributed by atoms with E-state index < -0.39 is 11.7 Å². The molecule has 0 aromatic carbocycles. The van der Waals surface area contributed by atoms with Crippen molar-refractivity contribution in [1.29, 1.82) is 0 Å². The lowest BCUT2D eigenvalue weighted by Crippen LogP contribution is -1.83. The molecule has 0 nitrogen and oxygen atoms in total. The van der Waals surface area contributed by atoms with Gasteiger partial charge in [0.1, 0.15) is 11.7 Å².